The molecule has 0 unspecified atom stereocenters. The SMILES string of the molecule is C=C(/C=C/C=C/C=C1/N(CCCS(=O)(=O)O)c2ccc3c(S(=O)(=O)O)cc(S(=O)(=O)O)cc3c2C1(C)C)C(C)(C)c1c(C)ccc2c(S(=O)(=O)N(C)CCCC(=O)O)cccc12. The molecule has 0 aromatic heterocycles. The summed E-state index contributed by atoms with van der Waals surface area (Å²) in [5.74, 6) is -1.57. The Morgan fingerprint density at radius 3 is 2.08 bits per heavy atom. The number of carboxylic acids is 1. The summed E-state index contributed by atoms with van der Waals surface area (Å²) in [6.07, 6.45) is 8.74. The van der Waals surface area contributed by atoms with Gasteiger partial charge in [-0.15, -0.1) is 0 Å². The van der Waals surface area contributed by atoms with Crippen LogP contribution in [-0.2, 0) is 56.0 Å². The van der Waals surface area contributed by atoms with Crippen LogP contribution < -0.4 is 4.90 Å². The van der Waals surface area contributed by atoms with Crippen molar-refractivity contribution in [1.29, 1.82) is 0 Å². The topological polar surface area (TPSA) is 241 Å². The van der Waals surface area contributed by atoms with E-state index in [1.165, 1.54) is 19.2 Å². The van der Waals surface area contributed by atoms with Gasteiger partial charge in [0.25, 0.3) is 30.4 Å². The van der Waals surface area contributed by atoms with Crippen LogP contribution in [0.3, 0.4) is 0 Å². The third kappa shape index (κ3) is 9.89. The highest BCUT2D eigenvalue weighted by Crippen LogP contribution is 2.52. The zero-order chi connectivity index (χ0) is 46.4. The number of nitrogens with zero attached hydrogens (tertiary/aromatic N) is 2. The summed E-state index contributed by atoms with van der Waals surface area (Å²) in [6.45, 7) is 13.9. The summed E-state index contributed by atoms with van der Waals surface area (Å²) in [7, 11) is -16.8. The van der Waals surface area contributed by atoms with E-state index in [4.69, 9.17) is 5.11 Å². The van der Waals surface area contributed by atoms with Crippen molar-refractivity contribution >= 4 is 73.6 Å². The maximum absolute atomic E-state index is 13.7. The molecule has 0 atom stereocenters. The van der Waals surface area contributed by atoms with Gasteiger partial charge in [0.1, 0.15) is 4.90 Å². The van der Waals surface area contributed by atoms with E-state index in [-0.39, 0.29) is 48.0 Å². The molecule has 0 bridgehead atoms. The Kier molecular flexibility index (Phi) is 13.6. The van der Waals surface area contributed by atoms with Gasteiger partial charge in [-0.05, 0) is 83.1 Å². The zero-order valence-corrected chi connectivity index (χ0v) is 38.3. The first-order valence-corrected chi connectivity index (χ1v) is 25.2. The summed E-state index contributed by atoms with van der Waals surface area (Å²) < 4.78 is 131. The number of fused-ring (bicyclic) bond motifs is 4. The quantitative estimate of drug-likeness (QED) is 0.0606. The van der Waals surface area contributed by atoms with Crippen LogP contribution >= 0.6 is 0 Å². The first-order chi connectivity index (χ1) is 28.5. The van der Waals surface area contributed by atoms with Crippen molar-refractivity contribution in [2.45, 2.75) is 79.4 Å². The molecule has 1 aliphatic rings. The minimum atomic E-state index is -4.98. The highest BCUT2D eigenvalue weighted by atomic mass is 32.2. The molecule has 19 heteroatoms. The summed E-state index contributed by atoms with van der Waals surface area (Å²) in [5, 5.41) is 10.3. The number of allylic oxidation sites excluding steroid dienone is 7. The van der Waals surface area contributed by atoms with Crippen molar-refractivity contribution in [3.63, 3.8) is 0 Å². The van der Waals surface area contributed by atoms with Gasteiger partial charge in [0.2, 0.25) is 10.0 Å². The molecule has 0 saturated carbocycles. The highest BCUT2D eigenvalue weighted by Gasteiger charge is 2.42. The van der Waals surface area contributed by atoms with Gasteiger partial charge in [-0.3, -0.25) is 18.5 Å². The number of carbonyl (C=O) groups is 1. The number of anilines is 1. The smallest absolute Gasteiger partial charge is 0.303 e. The lowest BCUT2D eigenvalue weighted by molar-refractivity contribution is -0.137. The third-order valence-electron chi connectivity index (χ3n) is 11.2. The molecule has 1 heterocycles. The summed E-state index contributed by atoms with van der Waals surface area (Å²) in [4.78, 5) is 11.4. The predicted octanol–water partition coefficient (Wildman–Crippen LogP) is 7.19. The number of sulfonamides is 1. The molecular weight excluding hydrogens is 881 g/mol. The van der Waals surface area contributed by atoms with E-state index in [2.05, 4.69) is 6.58 Å². The fourth-order valence-electron chi connectivity index (χ4n) is 8.13. The largest absolute Gasteiger partial charge is 0.481 e. The maximum atomic E-state index is 13.7. The molecule has 0 amide bonds. The first-order valence-electron chi connectivity index (χ1n) is 19.3. The van der Waals surface area contributed by atoms with Gasteiger partial charge in [-0.1, -0.05) is 88.9 Å². The van der Waals surface area contributed by atoms with Crippen molar-refractivity contribution in [2.75, 3.05) is 30.8 Å². The molecule has 5 rings (SSSR count). The van der Waals surface area contributed by atoms with Crippen LogP contribution in [0.2, 0.25) is 0 Å². The fourth-order valence-corrected chi connectivity index (χ4v) is 11.4. The van der Waals surface area contributed by atoms with E-state index >= 15 is 0 Å². The third-order valence-corrected chi connectivity index (χ3v) is 15.7. The van der Waals surface area contributed by atoms with Gasteiger partial charge in [0, 0.05) is 59.5 Å². The van der Waals surface area contributed by atoms with Crippen LogP contribution in [0.5, 0.6) is 0 Å². The Balaban J connectivity index is 1.52. The second kappa shape index (κ2) is 17.4. The Morgan fingerprint density at radius 2 is 1.47 bits per heavy atom. The van der Waals surface area contributed by atoms with Crippen LogP contribution in [0, 0.1) is 6.92 Å². The number of aryl methyl sites for hydroxylation is 1. The first kappa shape index (κ1) is 48.3. The highest BCUT2D eigenvalue weighted by molar-refractivity contribution is 7.89. The lowest BCUT2D eigenvalue weighted by atomic mass is 9.74. The van der Waals surface area contributed by atoms with E-state index < -0.39 is 72.7 Å². The van der Waals surface area contributed by atoms with Crippen molar-refractivity contribution < 1.29 is 57.2 Å². The Hall–Kier alpha value is -4.73. The minimum Gasteiger partial charge on any atom is -0.481 e. The molecule has 0 radical (unpaired) electrons. The second-order valence-corrected chi connectivity index (χ2v) is 22.6. The fraction of sp³-hybridized carbons (Fsp3) is 0.326. The van der Waals surface area contributed by atoms with Gasteiger partial charge >= 0.3 is 5.97 Å². The molecule has 4 aromatic rings. The number of carboxylic acid groups (broad SMARTS) is 1. The summed E-state index contributed by atoms with van der Waals surface area (Å²) in [6, 6.07) is 13.4. The van der Waals surface area contributed by atoms with E-state index in [0.717, 1.165) is 21.5 Å². The molecule has 4 aromatic carbocycles. The van der Waals surface area contributed by atoms with Crippen molar-refractivity contribution in [3.05, 3.63) is 120 Å². The number of rotatable bonds is 17. The average molecular weight is 931 g/mol. The second-order valence-electron chi connectivity index (χ2n) is 16.2. The molecule has 4 N–H and O–H groups in total. The Bertz CT molecular complexity index is 3040. The number of hydrogen-bond donors (Lipinski definition) is 4. The molecule has 0 fully saturated rings. The van der Waals surface area contributed by atoms with Crippen molar-refractivity contribution in [3.8, 4) is 0 Å². The van der Waals surface area contributed by atoms with Crippen LogP contribution in [0.1, 0.15) is 63.6 Å². The molecular formula is C43H50N2O13S4. The monoisotopic (exact) mass is 930 g/mol. The molecule has 62 heavy (non-hydrogen) atoms. The summed E-state index contributed by atoms with van der Waals surface area (Å²) >= 11 is 0. The van der Waals surface area contributed by atoms with Crippen LogP contribution in [0.4, 0.5) is 5.69 Å². The van der Waals surface area contributed by atoms with Gasteiger partial charge in [0.05, 0.1) is 15.5 Å². The van der Waals surface area contributed by atoms with Crippen LogP contribution in [-0.4, -0.2) is 88.6 Å². The van der Waals surface area contributed by atoms with Gasteiger partial charge < -0.3 is 10.0 Å². The van der Waals surface area contributed by atoms with E-state index in [9.17, 15) is 52.1 Å². The predicted molar refractivity (Wildman–Crippen MR) is 239 cm³/mol. The normalized spacial score (nSPS) is 15.8. The molecule has 0 saturated heterocycles. The van der Waals surface area contributed by atoms with Gasteiger partial charge in [0.15, 0.2) is 0 Å². The minimum absolute atomic E-state index is 0.00920. The van der Waals surface area contributed by atoms with Crippen LogP contribution in [0.15, 0.2) is 118 Å². The molecule has 0 spiro atoms. The molecule has 15 nitrogen and oxygen atoms in total. The maximum Gasteiger partial charge on any atom is 0.303 e. The Morgan fingerprint density at radius 1 is 0.823 bits per heavy atom. The molecule has 334 valence electrons. The zero-order valence-electron chi connectivity index (χ0n) is 35.0. The van der Waals surface area contributed by atoms with E-state index in [1.54, 1.807) is 61.3 Å². The van der Waals surface area contributed by atoms with Crippen LogP contribution in [0.25, 0.3) is 21.5 Å². The molecule has 1 aliphatic heterocycles. The lowest BCUT2D eigenvalue weighted by Gasteiger charge is -2.30. The van der Waals surface area contributed by atoms with Crippen molar-refractivity contribution in [2.24, 2.45) is 0 Å². The standard InChI is InChI=1S/C43H50N2O13S4/c1-28-19-20-31-33(15-11-16-36(31)60(51,52)44(7)23-12-18-39(46)47)40(28)42(3,4)29(2)14-9-8-10-17-38-43(5,6)41-34-26-30(61(53,54)55)27-37(62(56,57)58)32(34)21-22-35(41)45(38)24-13-25-59(48,49)50/h8-11,14-17,19-22,26-27H,2,12-13,18,23-25H2,1,3-7H3,(H,46,47)(H,48,49,50)(H,53,54,55)(H,56,57,58)/b10-8+,14-9+,38-17+. The lowest BCUT2D eigenvalue weighted by Crippen LogP contribution is -2.28. The van der Waals surface area contributed by atoms with Gasteiger partial charge in [-0.25, -0.2) is 12.7 Å². The number of aliphatic carboxylic acids is 1. The summed E-state index contributed by atoms with van der Waals surface area (Å²) in [5.41, 5.74) is 2.22. The van der Waals surface area contributed by atoms with E-state index in [1.807, 2.05) is 39.0 Å². The Labute approximate surface area is 363 Å². The number of hydrogen-bond acceptors (Lipinski definition) is 10. The van der Waals surface area contributed by atoms with E-state index in [0.29, 0.717) is 39.4 Å². The van der Waals surface area contributed by atoms with Crippen molar-refractivity contribution in [1.82, 2.24) is 4.31 Å². The molecule has 0 aliphatic carbocycles. The van der Waals surface area contributed by atoms with Gasteiger partial charge in [-0.2, -0.15) is 25.3 Å². The number of benzene rings is 4. The average Bonchev–Trinajstić information content (AvgIpc) is 3.36.